The topological polar surface area (TPSA) is 172 Å². The number of hydrogen-bond acceptors (Lipinski definition) is 11. The first-order valence-electron chi connectivity index (χ1n) is 41.9. The molecule has 0 spiro atoms. The maximum Gasteiger partial charge on any atom is 0.229 e. The Hall–Kier alpha value is -6.69. The van der Waals surface area contributed by atoms with Crippen molar-refractivity contribution in [2.24, 2.45) is 130 Å². The van der Waals surface area contributed by atoms with Crippen LogP contribution in [0.15, 0.2) is 164 Å². The molecule has 584 valence electrons. The normalized spacial score (nSPS) is 34.0. The zero-order valence-electron chi connectivity index (χ0n) is 69.0. The molecule has 12 aliphatic rings. The van der Waals surface area contributed by atoms with E-state index in [0.717, 1.165) is 123 Å². The predicted octanol–water partition coefficient (Wildman–Crippen LogP) is 20.4. The van der Waals surface area contributed by atoms with E-state index in [-0.39, 0.29) is 112 Å². The van der Waals surface area contributed by atoms with Crippen molar-refractivity contribution in [3.8, 4) is 0 Å². The molecule has 12 aliphatic carbocycles. The smallest absolute Gasteiger partial charge is 0.229 e. The lowest BCUT2D eigenvalue weighted by Gasteiger charge is -2.44. The van der Waals surface area contributed by atoms with Gasteiger partial charge in [-0.1, -0.05) is 218 Å². The first-order valence-corrected chi connectivity index (χ1v) is 41.9. The van der Waals surface area contributed by atoms with Gasteiger partial charge in [0.05, 0.1) is 30.0 Å². The molecule has 0 N–H and O–H groups in total. The van der Waals surface area contributed by atoms with Crippen molar-refractivity contribution in [1.82, 2.24) is 0 Å². The molecule has 108 heavy (non-hydrogen) atoms. The Bertz CT molecular complexity index is 3970. The van der Waals surface area contributed by atoms with E-state index in [9.17, 15) is 43.2 Å². The van der Waals surface area contributed by atoms with Crippen molar-refractivity contribution >= 4 is 52.0 Å². The van der Waals surface area contributed by atoms with Crippen molar-refractivity contribution in [2.75, 3.05) is 14.2 Å². The second-order valence-electron chi connectivity index (χ2n) is 36.8. The Morgan fingerprint density at radius 1 is 0.537 bits per heavy atom. The number of ether oxygens (including phenoxy) is 2. The number of allylic oxidation sites excluding steroid dienone is 24. The lowest BCUT2D eigenvalue weighted by Crippen LogP contribution is -2.42. The zero-order valence-corrected chi connectivity index (χ0v) is 69.0. The molecule has 0 aromatic heterocycles. The largest absolute Gasteiger partial charge is 0.376 e. The Labute approximate surface area is 648 Å². The van der Waals surface area contributed by atoms with Crippen LogP contribution in [-0.2, 0) is 52.6 Å². The Balaban J connectivity index is 0.000000173. The number of methoxy groups -OCH3 is 2. The molecule has 4 fully saturated rings. The maximum absolute atomic E-state index is 14.1. The van der Waals surface area contributed by atoms with Crippen LogP contribution in [0.25, 0.3) is 0 Å². The molecular weight excluding hydrogens is 1340 g/mol. The maximum atomic E-state index is 14.1. The quantitative estimate of drug-likeness (QED) is 0.0891. The highest BCUT2D eigenvalue weighted by atomic mass is 16.5. The van der Waals surface area contributed by atoms with E-state index in [4.69, 9.17) is 9.47 Å². The molecule has 11 nitrogen and oxygen atoms in total. The van der Waals surface area contributed by atoms with Gasteiger partial charge in [0.2, 0.25) is 34.7 Å². The molecule has 0 aromatic carbocycles. The standard InChI is InChI=1S/C34H46O4.C32H44O3.C31H40O4/c1-18(2)32(35)34(37)31-22(6)13-25-16-30(38-8)29(17-28(25)31)33(36)27-15-20(4)26(14-21(27)5)23(7)24-11-9-19(3)10-12-24;1-18(2)30(33)32(35)29-16-20(4)26-15-21(5)27(17-28(26)29)31(34)25-13-11-24(12-14-25)22(6)23-9-7-19(3)8-10-23;1-19(2)28(32)30(34)24-11-10-23-16-27(35-5)26(17-25(23)24)29(33)22-12-14-31(4,15-13-22)18-21-8-6-20(3)7-9-21/h9-11,16-18,20-21,23-24,26-27,29-30H,12-15H2,1-8H3;7,9-10,15,17-22,24-25,27,29H,8,11-14,16H2,1-6H3;6,8-9,11,16-17,19-20,22,26-27H,7,10,12-15,18H2,1-5H3/t20?,21-,23?,24?,26?,27?,29?,30?;;/m1../s1. The molecule has 4 saturated carbocycles. The molecule has 16 unspecified atom stereocenters. The van der Waals surface area contributed by atoms with Crippen molar-refractivity contribution in [1.29, 1.82) is 0 Å². The molecule has 0 aromatic rings. The summed E-state index contributed by atoms with van der Waals surface area (Å²) in [5.74, 6) is 1.70. The first-order chi connectivity index (χ1) is 51.1. The van der Waals surface area contributed by atoms with Gasteiger partial charge in [-0.15, -0.1) is 0 Å². The number of carbonyl (C=O) groups is 9. The SMILES string of the molecule is CC1C=CC(C(C)C2CCC(C(=O)C3C=C4C(=CC3C)C(C)CC4C(=O)C(=O)C(C)C)CC2)=CC1.COC1C=C2CC(C)=C(C(=O)C(=O)C(C)C)C2=CC1C(=O)C1CC(C)C(C(C)C2C=CC(C)=CC2)C[C@H]1C.COC1C=C2CC=C(C(=O)C(=O)C(C)C)C2=CC1C(=O)C1CCC(C)(CC2=CCC(C)C=C2)CC1. The summed E-state index contributed by atoms with van der Waals surface area (Å²) in [6.07, 6.45) is 50.7. The first kappa shape index (κ1) is 83.8. The van der Waals surface area contributed by atoms with Gasteiger partial charge < -0.3 is 9.47 Å². The van der Waals surface area contributed by atoms with E-state index in [2.05, 4.69) is 136 Å². The monoisotopic (exact) mass is 1470 g/mol. The summed E-state index contributed by atoms with van der Waals surface area (Å²) in [5, 5.41) is 0. The van der Waals surface area contributed by atoms with Gasteiger partial charge in [-0.3, -0.25) is 43.2 Å². The highest BCUT2D eigenvalue weighted by molar-refractivity contribution is 6.46. The second-order valence-corrected chi connectivity index (χ2v) is 36.8. The highest BCUT2D eigenvalue weighted by Crippen LogP contribution is 2.52. The van der Waals surface area contributed by atoms with Gasteiger partial charge in [-0.2, -0.15) is 0 Å². The minimum absolute atomic E-state index is 0.00950. The molecule has 0 heterocycles. The van der Waals surface area contributed by atoms with Crippen molar-refractivity contribution in [3.05, 3.63) is 164 Å². The van der Waals surface area contributed by atoms with Crippen LogP contribution in [0.2, 0.25) is 0 Å². The summed E-state index contributed by atoms with van der Waals surface area (Å²) in [5.41, 5.74) is 12.1. The summed E-state index contributed by atoms with van der Waals surface area (Å²) in [6, 6.07) is 0. The van der Waals surface area contributed by atoms with Crippen molar-refractivity contribution < 1.29 is 52.6 Å². The van der Waals surface area contributed by atoms with Gasteiger partial charge in [0.1, 0.15) is 17.3 Å². The van der Waals surface area contributed by atoms with Crippen LogP contribution < -0.4 is 0 Å². The second kappa shape index (κ2) is 35.8. The third-order valence-corrected chi connectivity index (χ3v) is 27.7. The van der Waals surface area contributed by atoms with Crippen molar-refractivity contribution in [2.45, 2.75) is 239 Å². The van der Waals surface area contributed by atoms with Crippen LogP contribution in [0.1, 0.15) is 227 Å². The van der Waals surface area contributed by atoms with Gasteiger partial charge in [0, 0.05) is 66.8 Å². The van der Waals surface area contributed by atoms with E-state index in [1.807, 2.05) is 37.3 Å². The molecule has 11 heteroatoms. The number of hydrogen-bond donors (Lipinski definition) is 0. The van der Waals surface area contributed by atoms with E-state index in [0.29, 0.717) is 89.5 Å². The minimum Gasteiger partial charge on any atom is -0.376 e. The van der Waals surface area contributed by atoms with Crippen molar-refractivity contribution in [3.63, 3.8) is 0 Å². The van der Waals surface area contributed by atoms with Crippen LogP contribution in [0.5, 0.6) is 0 Å². The number of ketones is 9. The lowest BCUT2D eigenvalue weighted by molar-refractivity contribution is -0.140. The average molecular weight is 1470 g/mol. The molecule has 0 aliphatic heterocycles. The third kappa shape index (κ3) is 18.6. The van der Waals surface area contributed by atoms with Crippen LogP contribution in [0.3, 0.4) is 0 Å². The summed E-state index contributed by atoms with van der Waals surface area (Å²) >= 11 is 0. The average Bonchev–Trinajstić information content (AvgIpc) is 1.57. The Kier molecular flexibility index (Phi) is 27.7. The van der Waals surface area contributed by atoms with E-state index >= 15 is 0 Å². The van der Waals surface area contributed by atoms with Gasteiger partial charge in [-0.05, 0) is 233 Å². The fourth-order valence-electron chi connectivity index (χ4n) is 20.3. The van der Waals surface area contributed by atoms with E-state index in [1.165, 1.54) is 22.3 Å². The fraction of sp³-hybridized carbons (Fsp3) is 0.619. The summed E-state index contributed by atoms with van der Waals surface area (Å²) < 4.78 is 11.5. The molecule has 12 rings (SSSR count). The Morgan fingerprint density at radius 3 is 1.70 bits per heavy atom. The molecule has 17 atom stereocenters. The van der Waals surface area contributed by atoms with Gasteiger partial charge in [-0.25, -0.2) is 0 Å². The number of carbonyl (C=O) groups excluding carboxylic acids is 9. The van der Waals surface area contributed by atoms with E-state index in [1.54, 1.807) is 55.8 Å². The zero-order chi connectivity index (χ0) is 78.7. The van der Waals surface area contributed by atoms with Gasteiger partial charge >= 0.3 is 0 Å². The molecule has 0 saturated heterocycles. The number of rotatable bonds is 23. The molecule has 0 amide bonds. The molecule has 0 bridgehead atoms. The lowest BCUT2D eigenvalue weighted by atomic mass is 9.61. The molecular formula is C97H130O11. The minimum atomic E-state index is -0.440. The highest BCUT2D eigenvalue weighted by Gasteiger charge is 2.48. The fourth-order valence-corrected chi connectivity index (χ4v) is 20.3. The van der Waals surface area contributed by atoms with Crippen LogP contribution in [-0.4, -0.2) is 78.5 Å². The summed E-state index contributed by atoms with van der Waals surface area (Å²) in [4.78, 5) is 118. The molecule has 0 radical (unpaired) electrons. The van der Waals surface area contributed by atoms with E-state index < -0.39 is 23.4 Å². The van der Waals surface area contributed by atoms with Crippen LogP contribution >= 0.6 is 0 Å². The predicted molar refractivity (Wildman–Crippen MR) is 433 cm³/mol. The summed E-state index contributed by atoms with van der Waals surface area (Å²) in [6.45, 7) is 35.1. The number of fused-ring (bicyclic) bond motifs is 3. The van der Waals surface area contributed by atoms with Crippen LogP contribution in [0, 0.1) is 130 Å². The van der Waals surface area contributed by atoms with Gasteiger partial charge in [0.25, 0.3) is 0 Å². The number of Topliss-reactive ketones (excluding diaryl/α,β-unsaturated/α-hetero) is 9. The Morgan fingerprint density at radius 2 is 1.12 bits per heavy atom. The van der Waals surface area contributed by atoms with Gasteiger partial charge in [0.15, 0.2) is 0 Å². The summed E-state index contributed by atoms with van der Waals surface area (Å²) in [7, 11) is 3.30. The van der Waals surface area contributed by atoms with Crippen LogP contribution in [0.4, 0.5) is 0 Å². The third-order valence-electron chi connectivity index (χ3n) is 27.7.